The highest BCUT2D eigenvalue weighted by Crippen LogP contribution is 2.55. The van der Waals surface area contributed by atoms with E-state index in [0.717, 1.165) is 61.5 Å². The van der Waals surface area contributed by atoms with Gasteiger partial charge in [-0.05, 0) is 67.9 Å². The molecule has 1 aliphatic heterocycles. The second kappa shape index (κ2) is 5.83. The summed E-state index contributed by atoms with van der Waals surface area (Å²) < 4.78 is 0. The minimum atomic E-state index is 0.169. The lowest BCUT2D eigenvalue weighted by Crippen LogP contribution is -2.60. The number of aromatic nitrogens is 1. The normalized spacial score (nSPS) is 38.5. The Labute approximate surface area is 144 Å². The van der Waals surface area contributed by atoms with E-state index in [2.05, 4.69) is 9.88 Å². The first-order chi connectivity index (χ1) is 11.8. The maximum atomic E-state index is 12.6. The van der Waals surface area contributed by atoms with Crippen LogP contribution in [-0.2, 0) is 0 Å². The van der Waals surface area contributed by atoms with Crippen LogP contribution in [0.1, 0.15) is 42.5 Å². The van der Waals surface area contributed by atoms with Crippen molar-refractivity contribution in [2.24, 2.45) is 23.7 Å². The molecule has 1 aromatic heterocycles. The standard InChI is InChI=1S/C20H27N3O/c24-20(16-1-3-21-4-2-16)23-7-5-22(6-8-23)19-17-10-14-9-15(12-17)13-18(19)11-14/h1-4,14-15,17-19H,5-13H2. The van der Waals surface area contributed by atoms with Crippen LogP contribution in [0.25, 0.3) is 0 Å². The average Bonchev–Trinajstić information content (AvgIpc) is 2.61. The number of carbonyl (C=O) groups excluding carboxylic acids is 1. The van der Waals surface area contributed by atoms with Gasteiger partial charge in [-0.3, -0.25) is 14.7 Å². The summed E-state index contributed by atoms with van der Waals surface area (Å²) >= 11 is 0. The molecule has 24 heavy (non-hydrogen) atoms. The van der Waals surface area contributed by atoms with Gasteiger partial charge in [0.2, 0.25) is 0 Å². The maximum Gasteiger partial charge on any atom is 0.254 e. The molecule has 128 valence electrons. The highest BCUT2D eigenvalue weighted by atomic mass is 16.2. The van der Waals surface area contributed by atoms with E-state index in [0.29, 0.717) is 0 Å². The maximum absolute atomic E-state index is 12.6. The molecule has 1 aromatic rings. The minimum absolute atomic E-state index is 0.169. The topological polar surface area (TPSA) is 36.4 Å². The lowest BCUT2D eigenvalue weighted by atomic mass is 9.54. The summed E-state index contributed by atoms with van der Waals surface area (Å²) in [6.45, 7) is 3.88. The van der Waals surface area contributed by atoms with Crippen molar-refractivity contribution in [2.45, 2.75) is 38.1 Å². The first kappa shape index (κ1) is 14.9. The van der Waals surface area contributed by atoms with Crippen molar-refractivity contribution >= 4 is 5.91 Å². The molecule has 4 aliphatic carbocycles. The third-order valence-corrected chi connectivity index (χ3v) is 7.13. The third-order valence-electron chi connectivity index (χ3n) is 7.13. The van der Waals surface area contributed by atoms with Crippen LogP contribution < -0.4 is 0 Å². The van der Waals surface area contributed by atoms with E-state index in [4.69, 9.17) is 0 Å². The second-order valence-electron chi connectivity index (χ2n) is 8.49. The molecule has 5 aliphatic rings. The molecule has 0 atom stereocenters. The summed E-state index contributed by atoms with van der Waals surface area (Å²) in [6, 6.07) is 4.47. The van der Waals surface area contributed by atoms with Crippen LogP contribution in [0.5, 0.6) is 0 Å². The smallest absolute Gasteiger partial charge is 0.254 e. The Kier molecular flexibility index (Phi) is 3.62. The van der Waals surface area contributed by atoms with Crippen molar-refractivity contribution in [3.05, 3.63) is 30.1 Å². The number of amides is 1. The molecule has 6 rings (SSSR count). The Morgan fingerprint density at radius 1 is 0.875 bits per heavy atom. The summed E-state index contributed by atoms with van der Waals surface area (Å²) in [5.74, 6) is 4.14. The quantitative estimate of drug-likeness (QED) is 0.839. The fourth-order valence-corrected chi connectivity index (χ4v) is 6.39. The van der Waals surface area contributed by atoms with E-state index in [-0.39, 0.29) is 5.91 Å². The Morgan fingerprint density at radius 2 is 1.46 bits per heavy atom. The largest absolute Gasteiger partial charge is 0.336 e. The van der Waals surface area contributed by atoms with Crippen molar-refractivity contribution in [1.29, 1.82) is 0 Å². The van der Waals surface area contributed by atoms with Crippen molar-refractivity contribution in [2.75, 3.05) is 26.2 Å². The van der Waals surface area contributed by atoms with Crippen LogP contribution in [0.4, 0.5) is 0 Å². The van der Waals surface area contributed by atoms with Crippen molar-refractivity contribution < 1.29 is 4.79 Å². The summed E-state index contributed by atoms with van der Waals surface area (Å²) in [5.41, 5.74) is 0.771. The van der Waals surface area contributed by atoms with Crippen molar-refractivity contribution in [3.63, 3.8) is 0 Å². The molecule has 1 saturated heterocycles. The van der Waals surface area contributed by atoms with Gasteiger partial charge >= 0.3 is 0 Å². The van der Waals surface area contributed by atoms with E-state index >= 15 is 0 Å². The van der Waals surface area contributed by atoms with Crippen molar-refractivity contribution in [3.8, 4) is 0 Å². The molecule has 2 heterocycles. The molecular formula is C20H27N3O. The zero-order chi connectivity index (χ0) is 16.1. The Hall–Kier alpha value is -1.42. The van der Waals surface area contributed by atoms with E-state index in [1.807, 2.05) is 17.0 Å². The number of pyridine rings is 1. The summed E-state index contributed by atoms with van der Waals surface area (Å²) in [6.07, 6.45) is 10.9. The predicted molar refractivity (Wildman–Crippen MR) is 92.5 cm³/mol. The molecule has 4 heteroatoms. The fourth-order valence-electron chi connectivity index (χ4n) is 6.39. The number of hydrogen-bond donors (Lipinski definition) is 0. The van der Waals surface area contributed by atoms with Gasteiger partial charge in [-0.2, -0.15) is 0 Å². The van der Waals surface area contributed by atoms with E-state index in [1.54, 1.807) is 12.4 Å². The zero-order valence-electron chi connectivity index (χ0n) is 14.3. The molecule has 0 N–H and O–H groups in total. The van der Waals surface area contributed by atoms with Crippen LogP contribution in [0.3, 0.4) is 0 Å². The molecule has 4 bridgehead atoms. The second-order valence-corrected chi connectivity index (χ2v) is 8.49. The highest BCUT2D eigenvalue weighted by Gasteiger charge is 2.50. The van der Waals surface area contributed by atoms with Gasteiger partial charge in [-0.15, -0.1) is 0 Å². The molecule has 0 aromatic carbocycles. The third kappa shape index (κ3) is 2.46. The van der Waals surface area contributed by atoms with E-state index in [1.165, 1.54) is 32.1 Å². The molecule has 4 saturated carbocycles. The van der Waals surface area contributed by atoms with Gasteiger partial charge in [0, 0.05) is 50.2 Å². The molecule has 0 spiro atoms. The van der Waals surface area contributed by atoms with Gasteiger partial charge in [0.25, 0.3) is 5.91 Å². The zero-order valence-corrected chi connectivity index (χ0v) is 14.3. The van der Waals surface area contributed by atoms with Crippen LogP contribution in [-0.4, -0.2) is 52.9 Å². The first-order valence-electron chi connectivity index (χ1n) is 9.71. The number of rotatable bonds is 2. The van der Waals surface area contributed by atoms with Crippen molar-refractivity contribution in [1.82, 2.24) is 14.8 Å². The number of nitrogens with zero attached hydrogens (tertiary/aromatic N) is 3. The van der Waals surface area contributed by atoms with Gasteiger partial charge < -0.3 is 4.90 Å². The Bertz CT molecular complexity index is 581. The number of piperazine rings is 1. The van der Waals surface area contributed by atoms with E-state index in [9.17, 15) is 4.79 Å². The van der Waals surface area contributed by atoms with Crippen LogP contribution >= 0.6 is 0 Å². The SMILES string of the molecule is O=C(c1ccncc1)N1CCN(C2C3CC4CC(C3)CC2C4)CC1. The lowest BCUT2D eigenvalue weighted by Gasteiger charge is -2.58. The van der Waals surface area contributed by atoms with Crippen LogP contribution in [0.15, 0.2) is 24.5 Å². The summed E-state index contributed by atoms with van der Waals surface area (Å²) in [5, 5.41) is 0. The summed E-state index contributed by atoms with van der Waals surface area (Å²) in [7, 11) is 0. The van der Waals surface area contributed by atoms with Gasteiger partial charge in [-0.1, -0.05) is 0 Å². The molecule has 1 amide bonds. The Balaban J connectivity index is 1.24. The first-order valence-corrected chi connectivity index (χ1v) is 9.71. The fraction of sp³-hybridized carbons (Fsp3) is 0.700. The number of carbonyl (C=O) groups is 1. The van der Waals surface area contributed by atoms with E-state index < -0.39 is 0 Å². The van der Waals surface area contributed by atoms with Gasteiger partial charge in [0.15, 0.2) is 0 Å². The summed E-state index contributed by atoms with van der Waals surface area (Å²) in [4.78, 5) is 21.4. The molecule has 0 radical (unpaired) electrons. The minimum Gasteiger partial charge on any atom is -0.336 e. The molecule has 0 unspecified atom stereocenters. The van der Waals surface area contributed by atoms with Crippen LogP contribution in [0, 0.1) is 23.7 Å². The molecule has 5 fully saturated rings. The predicted octanol–water partition coefficient (Wildman–Crippen LogP) is 2.66. The van der Waals surface area contributed by atoms with Gasteiger partial charge in [0.1, 0.15) is 0 Å². The average molecular weight is 325 g/mol. The highest BCUT2D eigenvalue weighted by molar-refractivity contribution is 5.94. The monoisotopic (exact) mass is 325 g/mol. The van der Waals surface area contributed by atoms with Gasteiger partial charge in [0.05, 0.1) is 0 Å². The van der Waals surface area contributed by atoms with Crippen LogP contribution in [0.2, 0.25) is 0 Å². The lowest BCUT2D eigenvalue weighted by molar-refractivity contribution is -0.0743. The molecular weight excluding hydrogens is 298 g/mol. The number of hydrogen-bond acceptors (Lipinski definition) is 3. The Morgan fingerprint density at radius 3 is 2.04 bits per heavy atom. The van der Waals surface area contributed by atoms with Gasteiger partial charge in [-0.25, -0.2) is 0 Å². The molecule has 4 nitrogen and oxygen atoms in total.